The van der Waals surface area contributed by atoms with Crippen LogP contribution >= 0.6 is 11.6 Å². The Morgan fingerprint density at radius 3 is 2.62 bits per heavy atom. The van der Waals surface area contributed by atoms with E-state index in [4.69, 9.17) is 11.6 Å². The molecule has 3 rings (SSSR count). The van der Waals surface area contributed by atoms with Crippen molar-refractivity contribution in [2.24, 2.45) is 0 Å². The van der Waals surface area contributed by atoms with Crippen molar-refractivity contribution < 1.29 is 9.18 Å². The van der Waals surface area contributed by atoms with Gasteiger partial charge in [-0.05, 0) is 31.7 Å². The molecule has 0 bridgehead atoms. The topological polar surface area (TPSA) is 61.4 Å². The number of halogens is 2. The van der Waals surface area contributed by atoms with E-state index in [1.165, 1.54) is 18.2 Å². The monoisotopic (exact) mass is 377 g/mol. The van der Waals surface area contributed by atoms with Crippen molar-refractivity contribution in [2.45, 2.75) is 13.8 Å². The van der Waals surface area contributed by atoms with Crippen molar-refractivity contribution in [3.63, 3.8) is 0 Å². The second-order valence-electron chi connectivity index (χ2n) is 6.16. The van der Waals surface area contributed by atoms with Crippen molar-refractivity contribution in [3.8, 4) is 0 Å². The Hall–Kier alpha value is -2.25. The van der Waals surface area contributed by atoms with E-state index in [0.29, 0.717) is 11.5 Å². The van der Waals surface area contributed by atoms with Gasteiger partial charge in [-0.3, -0.25) is 4.79 Å². The molecule has 1 aromatic heterocycles. The molecule has 0 atom stereocenters. The van der Waals surface area contributed by atoms with Crippen LogP contribution < -0.4 is 10.2 Å². The molecule has 1 amide bonds. The Balaban J connectivity index is 1.76. The van der Waals surface area contributed by atoms with Gasteiger partial charge in [-0.25, -0.2) is 14.4 Å². The predicted molar refractivity (Wildman–Crippen MR) is 100 cm³/mol. The van der Waals surface area contributed by atoms with Gasteiger partial charge >= 0.3 is 0 Å². The normalized spacial score (nSPS) is 15.2. The Morgan fingerprint density at radius 2 is 1.96 bits per heavy atom. The third-order valence-corrected chi connectivity index (χ3v) is 4.67. The second kappa shape index (κ2) is 7.97. The summed E-state index contributed by atoms with van der Waals surface area (Å²) in [6.45, 7) is 8.60. The molecule has 0 radical (unpaired) electrons. The van der Waals surface area contributed by atoms with Crippen molar-refractivity contribution in [3.05, 3.63) is 46.6 Å². The Bertz CT molecular complexity index is 808. The van der Waals surface area contributed by atoms with Crippen LogP contribution in [-0.4, -0.2) is 53.5 Å². The number of likely N-dealkylation sites (N-methyl/N-ethyl adjacent to an activating group) is 1. The van der Waals surface area contributed by atoms with Gasteiger partial charge in [-0.1, -0.05) is 18.5 Å². The summed E-state index contributed by atoms with van der Waals surface area (Å²) in [5, 5.41) is 2.65. The van der Waals surface area contributed by atoms with Crippen molar-refractivity contribution in [1.82, 2.24) is 14.9 Å². The second-order valence-corrected chi connectivity index (χ2v) is 6.57. The van der Waals surface area contributed by atoms with E-state index in [0.717, 1.165) is 38.5 Å². The molecule has 8 heteroatoms. The fraction of sp³-hybridized carbons (Fsp3) is 0.389. The van der Waals surface area contributed by atoms with E-state index in [9.17, 15) is 9.18 Å². The molecule has 6 nitrogen and oxygen atoms in total. The summed E-state index contributed by atoms with van der Waals surface area (Å²) in [5.74, 6) is 0.362. The van der Waals surface area contributed by atoms with Gasteiger partial charge in [0.25, 0.3) is 5.91 Å². The minimum Gasteiger partial charge on any atom is -0.354 e. The van der Waals surface area contributed by atoms with E-state index in [2.05, 4.69) is 32.0 Å². The Labute approximate surface area is 157 Å². The van der Waals surface area contributed by atoms with Gasteiger partial charge in [0, 0.05) is 37.9 Å². The van der Waals surface area contributed by atoms with Crippen LogP contribution in [0.25, 0.3) is 0 Å². The van der Waals surface area contributed by atoms with E-state index in [1.54, 1.807) is 13.0 Å². The van der Waals surface area contributed by atoms with Crippen LogP contribution in [0.5, 0.6) is 0 Å². The van der Waals surface area contributed by atoms with Crippen LogP contribution in [-0.2, 0) is 0 Å². The number of carbonyl (C=O) groups is 1. The Kier molecular flexibility index (Phi) is 5.68. The number of hydrogen-bond acceptors (Lipinski definition) is 5. The fourth-order valence-electron chi connectivity index (χ4n) is 2.89. The lowest BCUT2D eigenvalue weighted by atomic mass is 10.2. The summed E-state index contributed by atoms with van der Waals surface area (Å²) in [7, 11) is 0. The van der Waals surface area contributed by atoms with Gasteiger partial charge in [0.15, 0.2) is 0 Å². The number of anilines is 2. The van der Waals surface area contributed by atoms with Crippen molar-refractivity contribution in [1.29, 1.82) is 0 Å². The maximum atomic E-state index is 13.2. The number of carbonyl (C=O) groups excluding carboxylic acids is 1. The maximum Gasteiger partial charge on any atom is 0.274 e. The number of rotatable bonds is 4. The summed E-state index contributed by atoms with van der Waals surface area (Å²) < 4.78 is 13.2. The number of nitrogens with zero attached hydrogens (tertiary/aromatic N) is 4. The van der Waals surface area contributed by atoms with E-state index < -0.39 is 5.82 Å². The molecule has 138 valence electrons. The van der Waals surface area contributed by atoms with Crippen LogP contribution in [0.3, 0.4) is 0 Å². The number of nitrogens with one attached hydrogen (secondary N) is 1. The largest absolute Gasteiger partial charge is 0.354 e. The minimum atomic E-state index is -0.531. The molecule has 0 spiro atoms. The third kappa shape index (κ3) is 4.28. The molecule has 1 aromatic carbocycles. The molecule has 1 fully saturated rings. The summed E-state index contributed by atoms with van der Waals surface area (Å²) in [4.78, 5) is 25.8. The molecule has 0 aliphatic carbocycles. The summed E-state index contributed by atoms with van der Waals surface area (Å²) in [5.41, 5.74) is 0.682. The van der Waals surface area contributed by atoms with Gasteiger partial charge in [0.05, 0.1) is 5.02 Å². The van der Waals surface area contributed by atoms with Crippen LogP contribution in [0.2, 0.25) is 5.02 Å². The lowest BCUT2D eigenvalue weighted by Gasteiger charge is -2.34. The number of hydrogen-bond donors (Lipinski definition) is 1. The lowest BCUT2D eigenvalue weighted by molar-refractivity contribution is 0.102. The summed E-state index contributed by atoms with van der Waals surface area (Å²) in [6, 6.07) is 5.72. The molecule has 1 saturated heterocycles. The highest BCUT2D eigenvalue weighted by molar-refractivity contribution is 6.31. The minimum absolute atomic E-state index is 0.0452. The third-order valence-electron chi connectivity index (χ3n) is 4.38. The molecular formula is C18H21ClFN5O. The van der Waals surface area contributed by atoms with Gasteiger partial charge in [-0.2, -0.15) is 0 Å². The van der Waals surface area contributed by atoms with Crippen LogP contribution in [0.15, 0.2) is 24.3 Å². The maximum absolute atomic E-state index is 13.2. The van der Waals surface area contributed by atoms with Gasteiger partial charge in [0.2, 0.25) is 0 Å². The van der Waals surface area contributed by atoms with Gasteiger partial charge in [0.1, 0.15) is 23.2 Å². The number of piperazine rings is 1. The van der Waals surface area contributed by atoms with E-state index in [1.807, 2.05) is 0 Å². The number of benzene rings is 1. The highest BCUT2D eigenvalue weighted by Crippen LogP contribution is 2.21. The first kappa shape index (κ1) is 18.5. The first-order chi connectivity index (χ1) is 12.5. The average Bonchev–Trinajstić information content (AvgIpc) is 2.64. The molecule has 1 aliphatic rings. The van der Waals surface area contributed by atoms with Crippen LogP contribution in [0.1, 0.15) is 23.2 Å². The number of aromatic nitrogens is 2. The van der Waals surface area contributed by atoms with E-state index >= 15 is 0 Å². The number of aryl methyl sites for hydroxylation is 1. The predicted octanol–water partition coefficient (Wildman–Crippen LogP) is 2.97. The molecule has 0 saturated carbocycles. The first-order valence-electron chi connectivity index (χ1n) is 8.55. The number of amides is 1. The summed E-state index contributed by atoms with van der Waals surface area (Å²) >= 11 is 5.76. The van der Waals surface area contributed by atoms with Crippen molar-refractivity contribution >= 4 is 29.0 Å². The molecule has 1 aliphatic heterocycles. The van der Waals surface area contributed by atoms with Gasteiger partial charge < -0.3 is 15.1 Å². The lowest BCUT2D eigenvalue weighted by Crippen LogP contribution is -2.46. The highest BCUT2D eigenvalue weighted by Gasteiger charge is 2.19. The molecule has 1 N–H and O–H groups in total. The summed E-state index contributed by atoms with van der Waals surface area (Å²) in [6.07, 6.45) is 0. The standard InChI is InChI=1S/C18H21ClFN5O/c1-3-24-6-8-25(9-7-24)17-11-16(21-12(2)22-17)18(26)23-13-4-5-15(20)14(19)10-13/h4-5,10-11H,3,6-9H2,1-2H3,(H,23,26). The van der Waals surface area contributed by atoms with Crippen LogP contribution in [0, 0.1) is 12.7 Å². The van der Waals surface area contributed by atoms with Crippen molar-refractivity contribution in [2.75, 3.05) is 42.9 Å². The van der Waals surface area contributed by atoms with Gasteiger partial charge in [-0.15, -0.1) is 0 Å². The zero-order valence-electron chi connectivity index (χ0n) is 14.8. The fourth-order valence-corrected chi connectivity index (χ4v) is 3.07. The zero-order chi connectivity index (χ0) is 18.7. The van der Waals surface area contributed by atoms with Crippen LogP contribution in [0.4, 0.5) is 15.9 Å². The zero-order valence-corrected chi connectivity index (χ0v) is 15.6. The SMILES string of the molecule is CCN1CCN(c2cc(C(=O)Nc3ccc(F)c(Cl)c3)nc(C)n2)CC1. The molecular weight excluding hydrogens is 357 g/mol. The Morgan fingerprint density at radius 1 is 1.23 bits per heavy atom. The average molecular weight is 378 g/mol. The molecule has 26 heavy (non-hydrogen) atoms. The van der Waals surface area contributed by atoms with E-state index in [-0.39, 0.29) is 16.6 Å². The molecule has 2 heterocycles. The first-order valence-corrected chi connectivity index (χ1v) is 8.93. The smallest absolute Gasteiger partial charge is 0.274 e. The molecule has 0 unspecified atom stereocenters. The highest BCUT2D eigenvalue weighted by atomic mass is 35.5. The quantitative estimate of drug-likeness (QED) is 0.887. The molecule has 2 aromatic rings.